The lowest BCUT2D eigenvalue weighted by molar-refractivity contribution is -0.141. The fourth-order valence-corrected chi connectivity index (χ4v) is 4.28. The van der Waals surface area contributed by atoms with Crippen LogP contribution >= 0.6 is 0 Å². The SMILES string of the molecule is CC1CCC(N)C(C(=O)N2CCN3CCCCC3C2)C1. The van der Waals surface area contributed by atoms with Crippen molar-refractivity contribution >= 4 is 5.91 Å². The van der Waals surface area contributed by atoms with E-state index in [0.717, 1.165) is 32.5 Å². The molecule has 2 aliphatic heterocycles. The molecule has 4 atom stereocenters. The van der Waals surface area contributed by atoms with Gasteiger partial charge in [-0.2, -0.15) is 0 Å². The molecule has 3 rings (SSSR count). The molecule has 2 heterocycles. The Morgan fingerprint density at radius 1 is 1.10 bits per heavy atom. The van der Waals surface area contributed by atoms with Gasteiger partial charge in [0.05, 0.1) is 5.92 Å². The van der Waals surface area contributed by atoms with Gasteiger partial charge in [0.1, 0.15) is 0 Å². The van der Waals surface area contributed by atoms with E-state index in [1.165, 1.54) is 32.2 Å². The predicted octanol–water partition coefficient (Wildman–Crippen LogP) is 1.45. The summed E-state index contributed by atoms with van der Waals surface area (Å²) in [6, 6.07) is 0.696. The summed E-state index contributed by atoms with van der Waals surface area (Å²) in [6.45, 7) is 6.40. The third-order valence-corrected chi connectivity index (χ3v) is 5.63. The molecule has 2 saturated heterocycles. The highest BCUT2D eigenvalue weighted by atomic mass is 16.2. The summed E-state index contributed by atoms with van der Waals surface area (Å²) in [5.74, 6) is 1.07. The summed E-state index contributed by atoms with van der Waals surface area (Å²) in [6.07, 6.45) is 7.10. The van der Waals surface area contributed by atoms with Gasteiger partial charge in [-0.15, -0.1) is 0 Å². The van der Waals surface area contributed by atoms with Gasteiger partial charge in [-0.05, 0) is 44.6 Å². The molecule has 1 amide bonds. The molecule has 0 spiro atoms. The van der Waals surface area contributed by atoms with Crippen molar-refractivity contribution in [3.05, 3.63) is 0 Å². The van der Waals surface area contributed by atoms with Crippen LogP contribution in [0.3, 0.4) is 0 Å². The molecule has 0 aromatic rings. The van der Waals surface area contributed by atoms with Crippen molar-refractivity contribution < 1.29 is 4.79 Å². The van der Waals surface area contributed by atoms with Gasteiger partial charge in [0.15, 0.2) is 0 Å². The number of piperidine rings is 1. The first-order valence-corrected chi connectivity index (χ1v) is 8.43. The minimum atomic E-state index is 0.0777. The minimum absolute atomic E-state index is 0.0777. The van der Waals surface area contributed by atoms with Crippen LogP contribution in [-0.4, -0.2) is 54.0 Å². The Morgan fingerprint density at radius 3 is 2.80 bits per heavy atom. The van der Waals surface area contributed by atoms with Crippen LogP contribution in [0.25, 0.3) is 0 Å². The first-order chi connectivity index (χ1) is 9.65. The van der Waals surface area contributed by atoms with Crippen molar-refractivity contribution in [1.29, 1.82) is 0 Å². The number of rotatable bonds is 1. The fourth-order valence-electron chi connectivity index (χ4n) is 4.28. The maximum Gasteiger partial charge on any atom is 0.227 e. The van der Waals surface area contributed by atoms with Gasteiger partial charge < -0.3 is 10.6 Å². The fraction of sp³-hybridized carbons (Fsp3) is 0.938. The highest BCUT2D eigenvalue weighted by Gasteiger charge is 2.37. The number of carbonyl (C=O) groups is 1. The van der Waals surface area contributed by atoms with Crippen molar-refractivity contribution in [2.75, 3.05) is 26.2 Å². The Hall–Kier alpha value is -0.610. The lowest BCUT2D eigenvalue weighted by Crippen LogP contribution is -2.58. The zero-order valence-electron chi connectivity index (χ0n) is 12.8. The van der Waals surface area contributed by atoms with Crippen LogP contribution in [0.4, 0.5) is 0 Å². The van der Waals surface area contributed by atoms with Gasteiger partial charge in [-0.1, -0.05) is 13.3 Å². The molecule has 114 valence electrons. The van der Waals surface area contributed by atoms with Crippen molar-refractivity contribution in [3.63, 3.8) is 0 Å². The third-order valence-electron chi connectivity index (χ3n) is 5.63. The monoisotopic (exact) mass is 279 g/mol. The van der Waals surface area contributed by atoms with Crippen LogP contribution in [0.2, 0.25) is 0 Å². The Kier molecular flexibility index (Phi) is 4.32. The Labute approximate surface area is 122 Å². The molecule has 4 unspecified atom stereocenters. The van der Waals surface area contributed by atoms with Crippen LogP contribution in [0.5, 0.6) is 0 Å². The molecule has 4 nitrogen and oxygen atoms in total. The molecule has 20 heavy (non-hydrogen) atoms. The van der Waals surface area contributed by atoms with Crippen LogP contribution in [0.15, 0.2) is 0 Å². The molecule has 3 aliphatic rings. The van der Waals surface area contributed by atoms with Crippen molar-refractivity contribution in [2.45, 2.75) is 57.5 Å². The number of fused-ring (bicyclic) bond motifs is 1. The van der Waals surface area contributed by atoms with Gasteiger partial charge in [0, 0.05) is 31.7 Å². The molecule has 2 N–H and O–H groups in total. The topological polar surface area (TPSA) is 49.6 Å². The second kappa shape index (κ2) is 6.02. The number of piperazine rings is 1. The molecule has 3 fully saturated rings. The highest BCUT2D eigenvalue weighted by molar-refractivity contribution is 5.80. The number of hydrogen-bond donors (Lipinski definition) is 1. The average Bonchev–Trinajstić information content (AvgIpc) is 2.48. The van der Waals surface area contributed by atoms with Crippen LogP contribution in [0, 0.1) is 11.8 Å². The normalized spacial score (nSPS) is 39.4. The summed E-state index contributed by atoms with van der Waals surface area (Å²) < 4.78 is 0. The highest BCUT2D eigenvalue weighted by Crippen LogP contribution is 2.30. The lowest BCUT2D eigenvalue weighted by atomic mass is 9.78. The third kappa shape index (κ3) is 2.86. The van der Waals surface area contributed by atoms with E-state index in [1.54, 1.807) is 0 Å². The van der Waals surface area contributed by atoms with E-state index < -0.39 is 0 Å². The van der Waals surface area contributed by atoms with Crippen LogP contribution < -0.4 is 5.73 Å². The Bertz CT molecular complexity index is 360. The standard InChI is InChI=1S/C16H29N3O/c1-12-5-6-15(17)14(10-12)16(20)19-9-8-18-7-3-2-4-13(18)11-19/h12-15H,2-11,17H2,1H3. The quantitative estimate of drug-likeness (QED) is 0.790. The van der Waals surface area contributed by atoms with E-state index in [1.807, 2.05) is 0 Å². The maximum atomic E-state index is 12.8. The minimum Gasteiger partial charge on any atom is -0.340 e. The number of amides is 1. The van der Waals surface area contributed by atoms with Crippen LogP contribution in [0.1, 0.15) is 45.4 Å². The predicted molar refractivity (Wildman–Crippen MR) is 80.3 cm³/mol. The number of hydrogen-bond acceptors (Lipinski definition) is 3. The van der Waals surface area contributed by atoms with Crippen molar-refractivity contribution in [2.24, 2.45) is 17.6 Å². The first-order valence-electron chi connectivity index (χ1n) is 8.43. The summed E-state index contributed by atoms with van der Waals surface area (Å²) >= 11 is 0. The van der Waals surface area contributed by atoms with Gasteiger partial charge in [-0.3, -0.25) is 9.69 Å². The molecule has 1 aliphatic carbocycles. The van der Waals surface area contributed by atoms with E-state index in [-0.39, 0.29) is 12.0 Å². The molecule has 1 saturated carbocycles. The Balaban J connectivity index is 1.62. The van der Waals surface area contributed by atoms with Gasteiger partial charge >= 0.3 is 0 Å². The van der Waals surface area contributed by atoms with E-state index in [9.17, 15) is 4.79 Å². The zero-order valence-corrected chi connectivity index (χ0v) is 12.8. The van der Waals surface area contributed by atoms with E-state index >= 15 is 0 Å². The van der Waals surface area contributed by atoms with Crippen molar-refractivity contribution in [3.8, 4) is 0 Å². The second-order valence-electron chi connectivity index (χ2n) is 7.16. The molecular formula is C16H29N3O. The molecule has 4 heteroatoms. The van der Waals surface area contributed by atoms with E-state index in [0.29, 0.717) is 17.9 Å². The second-order valence-corrected chi connectivity index (χ2v) is 7.16. The Morgan fingerprint density at radius 2 is 1.95 bits per heavy atom. The van der Waals surface area contributed by atoms with Crippen molar-refractivity contribution in [1.82, 2.24) is 9.80 Å². The maximum absolute atomic E-state index is 12.8. The number of carbonyl (C=O) groups excluding carboxylic acids is 1. The summed E-state index contributed by atoms with van der Waals surface area (Å²) in [7, 11) is 0. The van der Waals surface area contributed by atoms with Gasteiger partial charge in [-0.25, -0.2) is 0 Å². The smallest absolute Gasteiger partial charge is 0.227 e. The molecular weight excluding hydrogens is 250 g/mol. The zero-order chi connectivity index (χ0) is 14.1. The largest absolute Gasteiger partial charge is 0.340 e. The first kappa shape index (κ1) is 14.3. The van der Waals surface area contributed by atoms with E-state index in [2.05, 4.69) is 16.7 Å². The van der Waals surface area contributed by atoms with Gasteiger partial charge in [0.2, 0.25) is 5.91 Å². The van der Waals surface area contributed by atoms with Crippen LogP contribution in [-0.2, 0) is 4.79 Å². The van der Waals surface area contributed by atoms with E-state index in [4.69, 9.17) is 5.73 Å². The van der Waals surface area contributed by atoms with Gasteiger partial charge in [0.25, 0.3) is 0 Å². The molecule has 0 bridgehead atoms. The lowest BCUT2D eigenvalue weighted by Gasteiger charge is -2.45. The number of nitrogens with zero attached hydrogens (tertiary/aromatic N) is 2. The molecule has 0 aromatic carbocycles. The molecule has 0 radical (unpaired) electrons. The summed E-state index contributed by atoms with van der Waals surface area (Å²) in [5.41, 5.74) is 6.22. The number of nitrogens with two attached hydrogens (primary N) is 1. The average molecular weight is 279 g/mol. The summed E-state index contributed by atoms with van der Waals surface area (Å²) in [4.78, 5) is 17.5. The molecule has 0 aromatic heterocycles. The summed E-state index contributed by atoms with van der Waals surface area (Å²) in [5, 5.41) is 0.